The molecule has 3 N–H and O–H groups in total. The number of hydrogen-bond acceptors (Lipinski definition) is 7. The molecular weight excluding hydrogens is 574 g/mol. The van der Waals surface area contributed by atoms with E-state index in [-0.39, 0.29) is 22.9 Å². The fraction of sp³-hybridized carbons (Fsp3) is 0.296. The molecule has 2 atom stereocenters. The van der Waals surface area contributed by atoms with Gasteiger partial charge in [-0.1, -0.05) is 30.3 Å². The van der Waals surface area contributed by atoms with Crippen LogP contribution in [0.2, 0.25) is 0 Å². The van der Waals surface area contributed by atoms with E-state index in [4.69, 9.17) is 14.9 Å². The minimum absolute atomic E-state index is 0.00143. The average molecular weight is 599 g/mol. The van der Waals surface area contributed by atoms with Crippen LogP contribution in [0.25, 0.3) is 11.1 Å². The zero-order valence-corrected chi connectivity index (χ0v) is 22.2. The molecule has 2 aliphatic heterocycles. The van der Waals surface area contributed by atoms with E-state index in [1.54, 1.807) is 18.2 Å². The first kappa shape index (κ1) is 28.9. The Morgan fingerprint density at radius 3 is 2.15 bits per heavy atom. The molecular formula is C27H24F6N4O3S. The lowest BCUT2D eigenvalue weighted by Crippen LogP contribution is -2.48. The largest absolute Gasteiger partial charge is 0.416 e. The van der Waals surface area contributed by atoms with Crippen molar-refractivity contribution >= 4 is 16.0 Å². The SMILES string of the molecule is CS(=O)(=O)Oc1cccc(C2(c3cccc(-c4cc(C(F)(F)F)cc(C(F)(F)F)c4)c3)NC(N)N3CCCN=C32)c1. The zero-order valence-electron chi connectivity index (χ0n) is 21.4. The summed E-state index contributed by atoms with van der Waals surface area (Å²) in [5.41, 5.74) is 2.89. The van der Waals surface area contributed by atoms with E-state index in [0.29, 0.717) is 48.6 Å². The minimum Gasteiger partial charge on any atom is -0.383 e. The van der Waals surface area contributed by atoms with Gasteiger partial charge in [-0.15, -0.1) is 0 Å². The van der Waals surface area contributed by atoms with Crippen molar-refractivity contribution < 1.29 is 38.9 Å². The summed E-state index contributed by atoms with van der Waals surface area (Å²) in [6, 6.07) is 13.6. The lowest BCUT2D eigenvalue weighted by Gasteiger charge is -2.34. The monoisotopic (exact) mass is 598 g/mol. The lowest BCUT2D eigenvalue weighted by molar-refractivity contribution is -0.143. The van der Waals surface area contributed by atoms with Crippen LogP contribution in [0.1, 0.15) is 28.7 Å². The highest BCUT2D eigenvalue weighted by molar-refractivity contribution is 7.86. The van der Waals surface area contributed by atoms with Gasteiger partial charge in [0.15, 0.2) is 0 Å². The molecule has 2 heterocycles. The summed E-state index contributed by atoms with van der Waals surface area (Å²) in [6.45, 7) is 0.986. The Hall–Kier alpha value is -3.62. The van der Waals surface area contributed by atoms with Gasteiger partial charge < -0.3 is 9.08 Å². The van der Waals surface area contributed by atoms with Crippen molar-refractivity contribution in [1.82, 2.24) is 10.2 Å². The standard InChI is InChI=1S/C27H24F6N4O3S/c1-41(38,39)40-22-8-3-7-19(15-22)25(23-35-9-4-10-37(23)24(34)36-25)18-6-2-5-16(11-18)17-12-20(26(28,29)30)14-21(13-17)27(31,32)33/h2-3,5-8,11-15,24,36H,4,9-10,34H2,1H3. The number of fused-ring (bicyclic) bond motifs is 1. The van der Waals surface area contributed by atoms with Gasteiger partial charge in [0.25, 0.3) is 0 Å². The molecule has 0 aromatic heterocycles. The molecule has 3 aromatic carbocycles. The number of nitrogens with zero attached hydrogens (tertiary/aromatic N) is 2. The van der Waals surface area contributed by atoms with E-state index in [9.17, 15) is 34.8 Å². The van der Waals surface area contributed by atoms with Crippen LogP contribution in [0.5, 0.6) is 5.75 Å². The predicted molar refractivity (Wildman–Crippen MR) is 139 cm³/mol. The molecule has 0 bridgehead atoms. The number of aliphatic imine (C=N–C) groups is 1. The summed E-state index contributed by atoms with van der Waals surface area (Å²) < 4.78 is 110. The molecule has 0 amide bonds. The van der Waals surface area contributed by atoms with Gasteiger partial charge >= 0.3 is 22.5 Å². The van der Waals surface area contributed by atoms with Crippen LogP contribution in [-0.2, 0) is 28.0 Å². The van der Waals surface area contributed by atoms with Crippen LogP contribution in [0.3, 0.4) is 0 Å². The van der Waals surface area contributed by atoms with Gasteiger partial charge in [-0.05, 0) is 65.1 Å². The molecule has 0 aliphatic carbocycles. The number of alkyl halides is 6. The molecule has 41 heavy (non-hydrogen) atoms. The van der Waals surface area contributed by atoms with E-state index in [1.165, 1.54) is 30.3 Å². The van der Waals surface area contributed by atoms with Gasteiger partial charge in [0.05, 0.1) is 17.4 Å². The Kier molecular flexibility index (Phi) is 7.07. The first-order valence-electron chi connectivity index (χ1n) is 12.3. The van der Waals surface area contributed by atoms with E-state index in [1.807, 2.05) is 4.90 Å². The van der Waals surface area contributed by atoms with Crippen LogP contribution in [0, 0.1) is 0 Å². The van der Waals surface area contributed by atoms with Crippen molar-refractivity contribution in [3.63, 3.8) is 0 Å². The van der Waals surface area contributed by atoms with Crippen LogP contribution in [0.15, 0.2) is 71.7 Å². The summed E-state index contributed by atoms with van der Waals surface area (Å²) in [5.74, 6) is 0.475. The summed E-state index contributed by atoms with van der Waals surface area (Å²) in [5, 5.41) is 3.29. The first-order chi connectivity index (χ1) is 19.1. The third-order valence-electron chi connectivity index (χ3n) is 6.86. The van der Waals surface area contributed by atoms with E-state index in [0.717, 1.165) is 6.26 Å². The molecule has 1 saturated heterocycles. The maximum Gasteiger partial charge on any atom is 0.416 e. The smallest absolute Gasteiger partial charge is 0.383 e. The lowest BCUT2D eigenvalue weighted by atomic mass is 9.80. The highest BCUT2D eigenvalue weighted by Crippen LogP contribution is 2.43. The van der Waals surface area contributed by atoms with Gasteiger partial charge in [0.1, 0.15) is 23.4 Å². The number of halogens is 6. The molecule has 3 aromatic rings. The quantitative estimate of drug-likeness (QED) is 0.320. The number of hydrogen-bond donors (Lipinski definition) is 2. The average Bonchev–Trinajstić information content (AvgIpc) is 3.20. The van der Waals surface area contributed by atoms with Crippen molar-refractivity contribution in [3.05, 3.63) is 89.0 Å². The van der Waals surface area contributed by atoms with Gasteiger partial charge in [-0.25, -0.2) is 0 Å². The van der Waals surface area contributed by atoms with Gasteiger partial charge in [0.2, 0.25) is 0 Å². The van der Waals surface area contributed by atoms with Crippen LogP contribution < -0.4 is 15.2 Å². The predicted octanol–water partition coefficient (Wildman–Crippen LogP) is 4.92. The first-order valence-corrected chi connectivity index (χ1v) is 14.1. The Bertz CT molecular complexity index is 1590. The summed E-state index contributed by atoms with van der Waals surface area (Å²) >= 11 is 0. The van der Waals surface area contributed by atoms with E-state index >= 15 is 0 Å². The fourth-order valence-corrected chi connectivity index (χ4v) is 5.65. The molecule has 7 nitrogen and oxygen atoms in total. The summed E-state index contributed by atoms with van der Waals surface area (Å²) in [6.07, 6.45) is -9.17. The molecule has 0 spiro atoms. The van der Waals surface area contributed by atoms with Gasteiger partial charge in [-0.3, -0.25) is 16.0 Å². The number of rotatable bonds is 5. The van der Waals surface area contributed by atoms with Crippen molar-refractivity contribution in [2.24, 2.45) is 10.7 Å². The zero-order chi connectivity index (χ0) is 29.8. The number of nitrogens with two attached hydrogens (primary N) is 1. The summed E-state index contributed by atoms with van der Waals surface area (Å²) in [4.78, 5) is 6.50. The highest BCUT2D eigenvalue weighted by Gasteiger charge is 2.51. The molecule has 2 aliphatic rings. The maximum atomic E-state index is 13.6. The molecule has 2 unspecified atom stereocenters. The molecule has 0 saturated carbocycles. The topological polar surface area (TPSA) is 97.0 Å². The molecule has 1 fully saturated rings. The molecule has 218 valence electrons. The highest BCUT2D eigenvalue weighted by atomic mass is 32.2. The number of amidine groups is 1. The number of nitrogens with one attached hydrogen (secondary N) is 1. The molecule has 14 heteroatoms. The molecule has 0 radical (unpaired) electrons. The van der Waals surface area contributed by atoms with Crippen molar-refractivity contribution in [2.75, 3.05) is 19.3 Å². The van der Waals surface area contributed by atoms with Crippen LogP contribution in [0.4, 0.5) is 26.3 Å². The van der Waals surface area contributed by atoms with Crippen LogP contribution >= 0.6 is 0 Å². The second kappa shape index (κ2) is 10.0. The van der Waals surface area contributed by atoms with Gasteiger partial charge in [0, 0.05) is 13.1 Å². The Morgan fingerprint density at radius 1 is 0.927 bits per heavy atom. The third-order valence-corrected chi connectivity index (χ3v) is 7.35. The number of benzene rings is 3. The van der Waals surface area contributed by atoms with Crippen molar-refractivity contribution in [3.8, 4) is 16.9 Å². The maximum absolute atomic E-state index is 13.6. The Morgan fingerprint density at radius 2 is 1.54 bits per heavy atom. The third kappa shape index (κ3) is 5.63. The normalized spacial score (nSPS) is 21.4. The second-order valence-electron chi connectivity index (χ2n) is 9.78. The van der Waals surface area contributed by atoms with E-state index in [2.05, 4.69) is 5.32 Å². The summed E-state index contributed by atoms with van der Waals surface area (Å²) in [7, 11) is -3.88. The van der Waals surface area contributed by atoms with Crippen molar-refractivity contribution in [2.45, 2.75) is 30.6 Å². The van der Waals surface area contributed by atoms with E-state index < -0.39 is 45.4 Å². The molecule has 5 rings (SSSR count). The fourth-order valence-electron chi connectivity index (χ4n) is 5.19. The Balaban J connectivity index is 1.72. The Labute approximate surface area is 231 Å². The minimum atomic E-state index is -5.01. The van der Waals surface area contributed by atoms with Crippen molar-refractivity contribution in [1.29, 1.82) is 0 Å². The second-order valence-corrected chi connectivity index (χ2v) is 11.4. The van der Waals surface area contributed by atoms with Gasteiger partial charge in [-0.2, -0.15) is 34.8 Å². The van der Waals surface area contributed by atoms with Crippen LogP contribution in [-0.4, -0.2) is 44.8 Å².